The fraction of sp³-hybridized carbons (Fsp3) is 0.250. The third kappa shape index (κ3) is 1.17. The highest BCUT2D eigenvalue weighted by Gasteiger charge is 2.41. The van der Waals surface area contributed by atoms with Crippen molar-refractivity contribution in [2.24, 2.45) is 0 Å². The van der Waals surface area contributed by atoms with E-state index in [0.29, 0.717) is 5.92 Å². The van der Waals surface area contributed by atoms with Crippen LogP contribution in [0, 0.1) is 0 Å². The molecule has 2 heterocycles. The summed E-state index contributed by atoms with van der Waals surface area (Å²) in [6.45, 7) is 0. The van der Waals surface area contributed by atoms with Gasteiger partial charge in [-0.25, -0.2) is 4.98 Å². The monoisotopic (exact) mass is 284 g/mol. The lowest BCUT2D eigenvalue weighted by Crippen LogP contribution is -2.01. The van der Waals surface area contributed by atoms with Crippen molar-refractivity contribution in [1.29, 1.82) is 0 Å². The quantitative estimate of drug-likeness (QED) is 0.415. The zero-order valence-electron chi connectivity index (χ0n) is 12.3. The molecule has 106 valence electrons. The second-order valence-electron chi connectivity index (χ2n) is 6.81. The molecule has 2 aliphatic rings. The largest absolute Gasteiger partial charge is 0.296 e. The molecule has 6 rings (SSSR count). The van der Waals surface area contributed by atoms with Crippen molar-refractivity contribution in [1.82, 2.24) is 9.38 Å². The maximum absolute atomic E-state index is 5.12. The molecule has 1 saturated carbocycles. The van der Waals surface area contributed by atoms with E-state index in [9.17, 15) is 0 Å². The highest BCUT2D eigenvalue weighted by molar-refractivity contribution is 6.11. The zero-order chi connectivity index (χ0) is 14.3. The molecule has 1 fully saturated rings. The standard InChI is InChI=1S/C20H16N2/c1-2-7-16-14(5-1)15-6-3-4-8-17(15)22-19-13-10-9-12(11-13)18(19)21-20(16)22/h1-8,12-13H,9-11H2. The van der Waals surface area contributed by atoms with Gasteiger partial charge in [0.05, 0.1) is 11.2 Å². The van der Waals surface area contributed by atoms with E-state index in [4.69, 9.17) is 4.98 Å². The van der Waals surface area contributed by atoms with E-state index in [0.717, 1.165) is 11.6 Å². The first-order valence-electron chi connectivity index (χ1n) is 8.23. The van der Waals surface area contributed by atoms with Crippen molar-refractivity contribution in [3.05, 3.63) is 59.9 Å². The second kappa shape index (κ2) is 3.70. The Morgan fingerprint density at radius 3 is 2.45 bits per heavy atom. The molecule has 2 bridgehead atoms. The topological polar surface area (TPSA) is 17.3 Å². The first-order chi connectivity index (χ1) is 10.9. The molecule has 2 unspecified atom stereocenters. The van der Waals surface area contributed by atoms with Crippen molar-refractivity contribution < 1.29 is 0 Å². The van der Waals surface area contributed by atoms with Crippen LogP contribution in [-0.4, -0.2) is 9.38 Å². The van der Waals surface area contributed by atoms with E-state index in [2.05, 4.69) is 52.9 Å². The van der Waals surface area contributed by atoms with Gasteiger partial charge in [0, 0.05) is 28.3 Å². The van der Waals surface area contributed by atoms with Gasteiger partial charge in [0.25, 0.3) is 0 Å². The van der Waals surface area contributed by atoms with Crippen LogP contribution in [0.5, 0.6) is 0 Å². The van der Waals surface area contributed by atoms with Crippen molar-refractivity contribution >= 4 is 27.3 Å². The summed E-state index contributed by atoms with van der Waals surface area (Å²) in [7, 11) is 0. The molecule has 0 amide bonds. The smallest absolute Gasteiger partial charge is 0.145 e. The summed E-state index contributed by atoms with van der Waals surface area (Å²) < 4.78 is 2.47. The molecule has 4 aromatic rings. The normalized spacial score (nSPS) is 22.9. The van der Waals surface area contributed by atoms with Gasteiger partial charge in [-0.05, 0) is 30.7 Å². The van der Waals surface area contributed by atoms with Crippen LogP contribution < -0.4 is 0 Å². The molecule has 2 aromatic heterocycles. The SMILES string of the molecule is c1ccc2c(c1)c1ccccc1n1c3c(nc21)C1CCC3C1. The predicted octanol–water partition coefficient (Wildman–Crippen LogP) is 5.01. The van der Waals surface area contributed by atoms with E-state index in [1.54, 1.807) is 0 Å². The lowest BCUT2D eigenvalue weighted by Gasteiger charge is -2.13. The van der Waals surface area contributed by atoms with Gasteiger partial charge >= 0.3 is 0 Å². The number of para-hydroxylation sites is 1. The predicted molar refractivity (Wildman–Crippen MR) is 89.5 cm³/mol. The summed E-state index contributed by atoms with van der Waals surface area (Å²) in [6, 6.07) is 17.5. The Kier molecular flexibility index (Phi) is 1.89. The van der Waals surface area contributed by atoms with Gasteiger partial charge in [0.15, 0.2) is 0 Å². The van der Waals surface area contributed by atoms with Crippen molar-refractivity contribution in [2.75, 3.05) is 0 Å². The van der Waals surface area contributed by atoms with E-state index < -0.39 is 0 Å². The van der Waals surface area contributed by atoms with Crippen LogP contribution in [0.4, 0.5) is 0 Å². The molecule has 2 aliphatic carbocycles. The van der Waals surface area contributed by atoms with Crippen LogP contribution >= 0.6 is 0 Å². The maximum Gasteiger partial charge on any atom is 0.145 e. The van der Waals surface area contributed by atoms with Crippen molar-refractivity contribution in [3.8, 4) is 0 Å². The Hall–Kier alpha value is -2.35. The fourth-order valence-electron chi connectivity index (χ4n) is 4.85. The van der Waals surface area contributed by atoms with Crippen LogP contribution in [0.3, 0.4) is 0 Å². The molecule has 2 heteroatoms. The van der Waals surface area contributed by atoms with Gasteiger partial charge in [0.1, 0.15) is 5.65 Å². The van der Waals surface area contributed by atoms with Crippen molar-refractivity contribution in [2.45, 2.75) is 31.1 Å². The van der Waals surface area contributed by atoms with E-state index in [1.807, 2.05) is 0 Å². The van der Waals surface area contributed by atoms with Gasteiger partial charge in [-0.1, -0.05) is 42.5 Å². The number of hydrogen-bond acceptors (Lipinski definition) is 1. The first kappa shape index (κ1) is 11.2. The lowest BCUT2D eigenvalue weighted by atomic mass is 10.0. The van der Waals surface area contributed by atoms with E-state index in [-0.39, 0.29) is 0 Å². The molecular formula is C20H16N2. The molecule has 22 heavy (non-hydrogen) atoms. The average molecular weight is 284 g/mol. The summed E-state index contributed by atoms with van der Waals surface area (Å²) in [5.41, 5.74) is 5.37. The fourth-order valence-corrected chi connectivity index (χ4v) is 4.85. The molecule has 0 aliphatic heterocycles. The zero-order valence-corrected chi connectivity index (χ0v) is 12.3. The summed E-state index contributed by atoms with van der Waals surface area (Å²) in [4.78, 5) is 5.12. The lowest BCUT2D eigenvalue weighted by molar-refractivity contribution is 0.692. The molecule has 0 spiro atoms. The number of hydrogen-bond donors (Lipinski definition) is 0. The van der Waals surface area contributed by atoms with Gasteiger partial charge in [-0.2, -0.15) is 0 Å². The summed E-state index contributed by atoms with van der Waals surface area (Å²) in [5.74, 6) is 1.43. The van der Waals surface area contributed by atoms with Crippen LogP contribution in [0.2, 0.25) is 0 Å². The third-order valence-electron chi connectivity index (χ3n) is 5.75. The number of imidazole rings is 1. The van der Waals surface area contributed by atoms with E-state index in [1.165, 1.54) is 52.3 Å². The van der Waals surface area contributed by atoms with Crippen LogP contribution in [-0.2, 0) is 0 Å². The molecule has 0 N–H and O–H groups in total. The number of nitrogens with zero attached hydrogens (tertiary/aromatic N) is 2. The Bertz CT molecular complexity index is 1070. The van der Waals surface area contributed by atoms with Crippen LogP contribution in [0.1, 0.15) is 42.5 Å². The maximum atomic E-state index is 5.12. The van der Waals surface area contributed by atoms with Gasteiger partial charge in [-0.15, -0.1) is 0 Å². The van der Waals surface area contributed by atoms with Gasteiger partial charge in [-0.3, -0.25) is 4.40 Å². The minimum atomic E-state index is 0.706. The average Bonchev–Trinajstić information content (AvgIpc) is 3.27. The molecular weight excluding hydrogens is 268 g/mol. The number of aromatic nitrogens is 2. The minimum absolute atomic E-state index is 0.706. The van der Waals surface area contributed by atoms with Gasteiger partial charge in [0.2, 0.25) is 0 Å². The highest BCUT2D eigenvalue weighted by Crippen LogP contribution is 2.53. The third-order valence-corrected chi connectivity index (χ3v) is 5.75. The first-order valence-corrected chi connectivity index (χ1v) is 8.23. The molecule has 2 aromatic carbocycles. The minimum Gasteiger partial charge on any atom is -0.296 e. The Balaban J connectivity index is 1.95. The number of fused-ring (bicyclic) bond motifs is 12. The van der Waals surface area contributed by atoms with Crippen LogP contribution in [0.25, 0.3) is 27.3 Å². The Labute approximate surface area is 128 Å². The van der Waals surface area contributed by atoms with Gasteiger partial charge < -0.3 is 0 Å². The Morgan fingerprint density at radius 2 is 1.55 bits per heavy atom. The summed E-state index contributed by atoms with van der Waals surface area (Å²) in [6.07, 6.45) is 3.99. The highest BCUT2D eigenvalue weighted by atomic mass is 15.1. The number of benzene rings is 2. The molecule has 0 radical (unpaired) electrons. The molecule has 2 nitrogen and oxygen atoms in total. The second-order valence-corrected chi connectivity index (χ2v) is 6.81. The van der Waals surface area contributed by atoms with Crippen LogP contribution in [0.15, 0.2) is 48.5 Å². The van der Waals surface area contributed by atoms with E-state index >= 15 is 0 Å². The van der Waals surface area contributed by atoms with Crippen molar-refractivity contribution in [3.63, 3.8) is 0 Å². The number of pyridine rings is 1. The Morgan fingerprint density at radius 1 is 0.818 bits per heavy atom. The summed E-state index contributed by atoms with van der Waals surface area (Å²) >= 11 is 0. The molecule has 2 atom stereocenters. The summed E-state index contributed by atoms with van der Waals surface area (Å²) in [5, 5.41) is 3.95. The number of rotatable bonds is 0. The molecule has 0 saturated heterocycles.